The molecular weight excluding hydrogens is 474 g/mol. The highest BCUT2D eigenvalue weighted by atomic mass is 128. The average Bonchev–Trinajstić information content (AvgIpc) is 2.30. The minimum Gasteiger partial charge on any atom is -0.481 e. The molecule has 0 amide bonds. The van der Waals surface area contributed by atoms with Gasteiger partial charge in [0.05, 0.1) is 0 Å². The van der Waals surface area contributed by atoms with Gasteiger partial charge in [-0.25, -0.2) is 0 Å². The molecule has 0 rings (SSSR count). The van der Waals surface area contributed by atoms with Crippen molar-refractivity contribution in [3.05, 3.63) is 0 Å². The molecule has 4 nitrogen and oxygen atoms in total. The van der Waals surface area contributed by atoms with Crippen LogP contribution >= 0.6 is 37.2 Å². The van der Waals surface area contributed by atoms with E-state index in [0.29, 0.717) is 6.42 Å². The Balaban J connectivity index is -0.000000579. The van der Waals surface area contributed by atoms with Gasteiger partial charge in [0.1, 0.15) is 6.79 Å². The predicted octanol–water partition coefficient (Wildman–Crippen LogP) is 4.26. The van der Waals surface area contributed by atoms with E-state index in [9.17, 15) is 4.79 Å². The van der Waals surface area contributed by atoms with Crippen LogP contribution in [0.4, 0.5) is 0 Å². The summed E-state index contributed by atoms with van der Waals surface area (Å²) in [5.74, 6) is -0.733. The molecule has 0 aromatic heterocycles. The molecule has 0 aliphatic heterocycles. The third-order valence-corrected chi connectivity index (χ3v) is 2.76. The molecule has 0 radical (unpaired) electrons. The largest absolute Gasteiger partial charge is 0.481 e. The lowest BCUT2D eigenvalue weighted by molar-refractivity contribution is -0.137. The molecule has 0 aromatic carbocycles. The van der Waals surface area contributed by atoms with Crippen molar-refractivity contribution in [2.45, 2.75) is 53.4 Å². The van der Waals surface area contributed by atoms with Crippen LogP contribution in [0.3, 0.4) is 0 Å². The Bertz CT molecular complexity index is 231. The van der Waals surface area contributed by atoms with Crippen molar-refractivity contribution in [2.75, 3.05) is 6.61 Å². The standard InChI is InChI=1S/C12H24O3.CH2O.I2/c1-11(2,6-5-10(14)15)9-12(3,4)7-8-13;2*1-2/h13H,5-9H2,1-4H3,(H,14,15);1H2;. The second-order valence-corrected chi connectivity index (χ2v) is 5.87. The number of halogens is 2. The van der Waals surface area contributed by atoms with Gasteiger partial charge in [0.2, 0.25) is 0 Å². The van der Waals surface area contributed by atoms with Gasteiger partial charge in [0.25, 0.3) is 0 Å². The Morgan fingerprint density at radius 1 is 1.05 bits per heavy atom. The fourth-order valence-corrected chi connectivity index (χ4v) is 2.22. The minimum atomic E-state index is -0.733. The highest BCUT2D eigenvalue weighted by Crippen LogP contribution is 2.38. The number of aliphatic hydroxyl groups is 1. The minimum absolute atomic E-state index is 0.0249. The number of aliphatic hydroxyl groups excluding tert-OH is 1. The first kappa shape index (κ1) is 24.6. The van der Waals surface area contributed by atoms with Crippen LogP contribution in [0.15, 0.2) is 0 Å². The third-order valence-electron chi connectivity index (χ3n) is 2.76. The van der Waals surface area contributed by atoms with Crippen LogP contribution in [-0.2, 0) is 9.59 Å². The summed E-state index contributed by atoms with van der Waals surface area (Å²) in [5, 5.41) is 17.6. The van der Waals surface area contributed by atoms with Crippen LogP contribution in [0, 0.1) is 10.8 Å². The maximum absolute atomic E-state index is 10.5. The molecule has 0 saturated carbocycles. The predicted molar refractivity (Wildman–Crippen MR) is 95.9 cm³/mol. The van der Waals surface area contributed by atoms with Gasteiger partial charge in [-0.2, -0.15) is 0 Å². The van der Waals surface area contributed by atoms with E-state index < -0.39 is 5.97 Å². The highest BCUT2D eigenvalue weighted by Gasteiger charge is 2.28. The Kier molecular flexibility index (Phi) is 17.5. The van der Waals surface area contributed by atoms with Crippen molar-refractivity contribution >= 4 is 50.0 Å². The van der Waals surface area contributed by atoms with Gasteiger partial charge in [-0.15, -0.1) is 0 Å². The molecule has 0 atom stereocenters. The fourth-order valence-electron chi connectivity index (χ4n) is 2.22. The maximum Gasteiger partial charge on any atom is 0.303 e. The van der Waals surface area contributed by atoms with E-state index in [1.807, 2.05) is 6.79 Å². The van der Waals surface area contributed by atoms with Crippen molar-refractivity contribution in [1.82, 2.24) is 0 Å². The summed E-state index contributed by atoms with van der Waals surface area (Å²) in [5.41, 5.74) is 0.105. The summed E-state index contributed by atoms with van der Waals surface area (Å²) >= 11 is 4.24. The van der Waals surface area contributed by atoms with Crippen molar-refractivity contribution in [3.63, 3.8) is 0 Å². The number of hydrogen-bond donors (Lipinski definition) is 2. The molecule has 0 aromatic rings. The van der Waals surface area contributed by atoms with E-state index in [0.717, 1.165) is 12.8 Å². The summed E-state index contributed by atoms with van der Waals surface area (Å²) in [6, 6.07) is 0. The number of carbonyl (C=O) groups excluding carboxylic acids is 1. The average molecular weight is 500 g/mol. The molecule has 19 heavy (non-hydrogen) atoms. The van der Waals surface area contributed by atoms with Gasteiger partial charge in [0.15, 0.2) is 0 Å². The molecule has 0 fully saturated rings. The smallest absolute Gasteiger partial charge is 0.303 e. The number of carboxylic acids is 1. The quantitative estimate of drug-likeness (QED) is 0.513. The first-order valence-electron chi connectivity index (χ1n) is 5.94. The highest BCUT2D eigenvalue weighted by molar-refractivity contribution is 15.0. The van der Waals surface area contributed by atoms with E-state index >= 15 is 0 Å². The number of hydrogen-bond acceptors (Lipinski definition) is 3. The third kappa shape index (κ3) is 18.6. The summed E-state index contributed by atoms with van der Waals surface area (Å²) in [6.07, 6.45) is 2.62. The molecule has 116 valence electrons. The second-order valence-electron chi connectivity index (χ2n) is 5.87. The van der Waals surface area contributed by atoms with Crippen LogP contribution in [0.25, 0.3) is 0 Å². The van der Waals surface area contributed by atoms with Crippen LogP contribution in [0.1, 0.15) is 53.4 Å². The number of carbonyl (C=O) groups is 2. The lowest BCUT2D eigenvalue weighted by Crippen LogP contribution is -2.24. The molecule has 0 aliphatic carbocycles. The molecule has 0 heterocycles. The van der Waals surface area contributed by atoms with Gasteiger partial charge in [-0.1, -0.05) is 27.7 Å². The van der Waals surface area contributed by atoms with Crippen LogP contribution in [0.2, 0.25) is 0 Å². The Labute approximate surface area is 140 Å². The van der Waals surface area contributed by atoms with Crippen molar-refractivity contribution in [3.8, 4) is 0 Å². The number of rotatable bonds is 7. The van der Waals surface area contributed by atoms with E-state index in [4.69, 9.17) is 15.0 Å². The van der Waals surface area contributed by atoms with Gasteiger partial charge in [0, 0.05) is 50.3 Å². The van der Waals surface area contributed by atoms with Gasteiger partial charge in [-0.3, -0.25) is 4.79 Å². The molecule has 0 spiro atoms. The first-order chi connectivity index (χ1) is 8.68. The zero-order valence-corrected chi connectivity index (χ0v) is 16.5. The molecule has 0 bridgehead atoms. The van der Waals surface area contributed by atoms with Crippen molar-refractivity contribution in [2.24, 2.45) is 10.8 Å². The monoisotopic (exact) mass is 500 g/mol. The maximum atomic E-state index is 10.5. The topological polar surface area (TPSA) is 74.6 Å². The summed E-state index contributed by atoms with van der Waals surface area (Å²) < 4.78 is 0. The molecule has 0 saturated heterocycles. The number of carboxylic acid groups (broad SMARTS) is 1. The molecule has 6 heteroatoms. The number of aliphatic carboxylic acids is 1. The van der Waals surface area contributed by atoms with Gasteiger partial charge in [-0.05, 0) is 30.1 Å². The fraction of sp³-hybridized carbons (Fsp3) is 0.846. The molecule has 0 unspecified atom stereocenters. The normalized spacial score (nSPS) is 10.7. The zero-order valence-electron chi connectivity index (χ0n) is 12.2. The summed E-state index contributed by atoms with van der Waals surface area (Å²) in [7, 11) is 0. The second kappa shape index (κ2) is 13.5. The Morgan fingerprint density at radius 3 is 1.74 bits per heavy atom. The van der Waals surface area contributed by atoms with Gasteiger partial charge >= 0.3 is 5.97 Å². The first-order valence-corrected chi connectivity index (χ1v) is 12.2. The lowest BCUT2D eigenvalue weighted by Gasteiger charge is -2.34. The van der Waals surface area contributed by atoms with Crippen LogP contribution in [0.5, 0.6) is 0 Å². The van der Waals surface area contributed by atoms with E-state index in [-0.39, 0.29) is 23.9 Å². The SMILES string of the molecule is C=O.CC(C)(CCO)CC(C)(C)CCC(=O)O.II. The van der Waals surface area contributed by atoms with Crippen LogP contribution in [-0.4, -0.2) is 29.6 Å². The van der Waals surface area contributed by atoms with Crippen molar-refractivity contribution < 1.29 is 19.8 Å². The lowest BCUT2D eigenvalue weighted by atomic mass is 9.71. The zero-order chi connectivity index (χ0) is 16.1. The Morgan fingerprint density at radius 2 is 1.42 bits per heavy atom. The summed E-state index contributed by atoms with van der Waals surface area (Å²) in [4.78, 5) is 18.5. The van der Waals surface area contributed by atoms with E-state index in [1.165, 1.54) is 0 Å². The van der Waals surface area contributed by atoms with Crippen molar-refractivity contribution in [1.29, 1.82) is 0 Å². The van der Waals surface area contributed by atoms with Gasteiger partial charge < -0.3 is 15.0 Å². The molecule has 0 aliphatic rings. The van der Waals surface area contributed by atoms with E-state index in [1.54, 1.807) is 0 Å². The Hall–Kier alpha value is 0.560. The molecule has 2 N–H and O–H groups in total. The molecular formula is C13H26I2O4. The van der Waals surface area contributed by atoms with Crippen LogP contribution < -0.4 is 0 Å². The summed E-state index contributed by atoms with van der Waals surface area (Å²) in [6.45, 7) is 10.6. The van der Waals surface area contributed by atoms with E-state index in [2.05, 4.69) is 64.9 Å².